The Morgan fingerprint density at radius 1 is 1.47 bits per heavy atom. The SMILES string of the molecule is CCCN(c1c(F)cccc1/C=C/C(=O)O)C(C)C. The number of carboxylic acids is 1. The minimum absolute atomic E-state index is 0.147. The molecule has 104 valence electrons. The molecule has 0 aliphatic heterocycles. The van der Waals surface area contributed by atoms with E-state index in [4.69, 9.17) is 5.11 Å². The van der Waals surface area contributed by atoms with E-state index in [2.05, 4.69) is 0 Å². The van der Waals surface area contributed by atoms with Gasteiger partial charge in [0, 0.05) is 24.2 Å². The zero-order chi connectivity index (χ0) is 14.4. The number of rotatable bonds is 6. The van der Waals surface area contributed by atoms with Crippen LogP contribution in [0.5, 0.6) is 0 Å². The molecule has 1 aromatic rings. The van der Waals surface area contributed by atoms with Gasteiger partial charge in [0.05, 0.1) is 5.69 Å². The van der Waals surface area contributed by atoms with Gasteiger partial charge < -0.3 is 10.0 Å². The van der Waals surface area contributed by atoms with Gasteiger partial charge in [0.25, 0.3) is 0 Å². The van der Waals surface area contributed by atoms with Crippen molar-refractivity contribution in [3.8, 4) is 0 Å². The topological polar surface area (TPSA) is 40.5 Å². The smallest absolute Gasteiger partial charge is 0.328 e. The van der Waals surface area contributed by atoms with Crippen LogP contribution in [0, 0.1) is 5.82 Å². The van der Waals surface area contributed by atoms with Gasteiger partial charge in [-0.1, -0.05) is 19.1 Å². The first-order valence-corrected chi connectivity index (χ1v) is 6.43. The minimum Gasteiger partial charge on any atom is -0.478 e. The highest BCUT2D eigenvalue weighted by atomic mass is 19.1. The predicted octanol–water partition coefficient (Wildman–Crippen LogP) is 3.55. The third-order valence-electron chi connectivity index (χ3n) is 2.80. The highest BCUT2D eigenvalue weighted by Gasteiger charge is 2.17. The maximum Gasteiger partial charge on any atom is 0.328 e. The summed E-state index contributed by atoms with van der Waals surface area (Å²) in [4.78, 5) is 12.6. The average Bonchev–Trinajstić information content (AvgIpc) is 2.34. The summed E-state index contributed by atoms with van der Waals surface area (Å²) in [7, 11) is 0. The van der Waals surface area contributed by atoms with Crippen molar-refractivity contribution in [2.45, 2.75) is 33.2 Å². The molecule has 3 nitrogen and oxygen atoms in total. The van der Waals surface area contributed by atoms with Gasteiger partial charge in [0.15, 0.2) is 0 Å². The molecule has 0 saturated heterocycles. The largest absolute Gasteiger partial charge is 0.478 e. The third-order valence-corrected chi connectivity index (χ3v) is 2.80. The molecule has 0 atom stereocenters. The Labute approximate surface area is 113 Å². The van der Waals surface area contributed by atoms with Gasteiger partial charge in [-0.05, 0) is 32.4 Å². The van der Waals surface area contributed by atoms with E-state index < -0.39 is 5.97 Å². The maximum atomic E-state index is 14.1. The van der Waals surface area contributed by atoms with Gasteiger partial charge in [-0.3, -0.25) is 0 Å². The van der Waals surface area contributed by atoms with Gasteiger partial charge >= 0.3 is 5.97 Å². The lowest BCUT2D eigenvalue weighted by molar-refractivity contribution is -0.131. The summed E-state index contributed by atoms with van der Waals surface area (Å²) in [5.41, 5.74) is 1.06. The molecule has 0 spiro atoms. The Hall–Kier alpha value is -1.84. The Balaban J connectivity index is 3.26. The molecular formula is C15H20FNO2. The number of para-hydroxylation sites is 1. The van der Waals surface area contributed by atoms with E-state index in [1.807, 2.05) is 25.7 Å². The van der Waals surface area contributed by atoms with Crippen LogP contribution in [-0.4, -0.2) is 23.7 Å². The van der Waals surface area contributed by atoms with Crippen LogP contribution in [0.4, 0.5) is 10.1 Å². The second-order valence-corrected chi connectivity index (χ2v) is 4.64. The third kappa shape index (κ3) is 4.09. The van der Waals surface area contributed by atoms with Gasteiger partial charge in [0.1, 0.15) is 5.82 Å². The highest BCUT2D eigenvalue weighted by Crippen LogP contribution is 2.27. The molecule has 4 heteroatoms. The van der Waals surface area contributed by atoms with Crippen LogP contribution >= 0.6 is 0 Å². The van der Waals surface area contributed by atoms with E-state index in [9.17, 15) is 9.18 Å². The number of hydrogen-bond donors (Lipinski definition) is 1. The molecule has 0 aliphatic rings. The van der Waals surface area contributed by atoms with E-state index in [1.165, 1.54) is 12.1 Å². The van der Waals surface area contributed by atoms with Crippen LogP contribution < -0.4 is 4.90 Å². The standard InChI is InChI=1S/C15H20FNO2/c1-4-10-17(11(2)3)15-12(8-9-14(18)19)6-5-7-13(15)16/h5-9,11H,4,10H2,1-3H3,(H,18,19)/b9-8+. The number of carboxylic acid groups (broad SMARTS) is 1. The number of anilines is 1. The summed E-state index contributed by atoms with van der Waals surface area (Å²) >= 11 is 0. The van der Waals surface area contributed by atoms with Crippen LogP contribution in [0.1, 0.15) is 32.8 Å². The van der Waals surface area contributed by atoms with Crippen molar-refractivity contribution in [3.05, 3.63) is 35.7 Å². The lowest BCUT2D eigenvalue weighted by atomic mass is 10.1. The van der Waals surface area contributed by atoms with E-state index in [1.54, 1.807) is 12.1 Å². The molecule has 0 unspecified atom stereocenters. The van der Waals surface area contributed by atoms with Crippen molar-refractivity contribution in [2.75, 3.05) is 11.4 Å². The quantitative estimate of drug-likeness (QED) is 0.800. The molecule has 0 aromatic heterocycles. The summed E-state index contributed by atoms with van der Waals surface area (Å²) in [5, 5.41) is 8.69. The lowest BCUT2D eigenvalue weighted by Gasteiger charge is -2.30. The predicted molar refractivity (Wildman–Crippen MR) is 75.8 cm³/mol. The molecule has 1 N–H and O–H groups in total. The number of hydrogen-bond acceptors (Lipinski definition) is 2. The van der Waals surface area contributed by atoms with Crippen molar-refractivity contribution in [3.63, 3.8) is 0 Å². The monoisotopic (exact) mass is 265 g/mol. The molecule has 0 radical (unpaired) electrons. The summed E-state index contributed by atoms with van der Waals surface area (Å²) in [6, 6.07) is 4.86. The molecule has 0 bridgehead atoms. The average molecular weight is 265 g/mol. The molecular weight excluding hydrogens is 245 g/mol. The van der Waals surface area contributed by atoms with Gasteiger partial charge in [-0.2, -0.15) is 0 Å². The molecule has 1 aromatic carbocycles. The molecule has 1 rings (SSSR count). The number of halogens is 1. The Morgan fingerprint density at radius 2 is 2.16 bits per heavy atom. The summed E-state index contributed by atoms with van der Waals surface area (Å²) < 4.78 is 14.1. The van der Waals surface area contributed by atoms with E-state index in [-0.39, 0.29) is 11.9 Å². The zero-order valence-corrected chi connectivity index (χ0v) is 11.6. The Bertz CT molecular complexity index is 469. The first-order chi connectivity index (χ1) is 8.97. The first kappa shape index (κ1) is 15.2. The van der Waals surface area contributed by atoms with Crippen LogP contribution in [0.15, 0.2) is 24.3 Å². The molecule has 0 fully saturated rings. The number of carbonyl (C=O) groups is 1. The molecule has 0 amide bonds. The van der Waals surface area contributed by atoms with Gasteiger partial charge in [-0.15, -0.1) is 0 Å². The zero-order valence-electron chi connectivity index (χ0n) is 11.6. The molecule has 0 heterocycles. The van der Waals surface area contributed by atoms with E-state index in [0.29, 0.717) is 11.3 Å². The summed E-state index contributed by atoms with van der Waals surface area (Å²) in [5.74, 6) is -1.36. The first-order valence-electron chi connectivity index (χ1n) is 6.43. The van der Waals surface area contributed by atoms with Gasteiger partial charge in [0.2, 0.25) is 0 Å². The van der Waals surface area contributed by atoms with Crippen molar-refractivity contribution >= 4 is 17.7 Å². The number of nitrogens with zero attached hydrogens (tertiary/aromatic N) is 1. The summed E-state index contributed by atoms with van der Waals surface area (Å²) in [6.45, 7) is 6.75. The fraction of sp³-hybridized carbons (Fsp3) is 0.400. The molecule has 0 saturated carbocycles. The molecule has 19 heavy (non-hydrogen) atoms. The van der Waals surface area contributed by atoms with Crippen LogP contribution in [0.25, 0.3) is 6.08 Å². The van der Waals surface area contributed by atoms with Crippen molar-refractivity contribution in [1.82, 2.24) is 0 Å². The lowest BCUT2D eigenvalue weighted by Crippen LogP contribution is -2.32. The normalized spacial score (nSPS) is 11.2. The van der Waals surface area contributed by atoms with E-state index in [0.717, 1.165) is 19.0 Å². The number of benzene rings is 1. The second-order valence-electron chi connectivity index (χ2n) is 4.64. The number of aliphatic carboxylic acids is 1. The van der Waals surface area contributed by atoms with Crippen LogP contribution in [-0.2, 0) is 4.79 Å². The van der Waals surface area contributed by atoms with Crippen LogP contribution in [0.2, 0.25) is 0 Å². The fourth-order valence-electron chi connectivity index (χ4n) is 2.00. The minimum atomic E-state index is -1.04. The van der Waals surface area contributed by atoms with Gasteiger partial charge in [-0.25, -0.2) is 9.18 Å². The van der Waals surface area contributed by atoms with E-state index >= 15 is 0 Å². The molecule has 0 aliphatic carbocycles. The Morgan fingerprint density at radius 3 is 2.68 bits per heavy atom. The van der Waals surface area contributed by atoms with Crippen molar-refractivity contribution in [2.24, 2.45) is 0 Å². The second kappa shape index (κ2) is 6.92. The Kier molecular flexibility index (Phi) is 5.55. The highest BCUT2D eigenvalue weighted by molar-refractivity contribution is 5.87. The van der Waals surface area contributed by atoms with Crippen molar-refractivity contribution < 1.29 is 14.3 Å². The van der Waals surface area contributed by atoms with Crippen LogP contribution in [0.3, 0.4) is 0 Å². The fourth-order valence-corrected chi connectivity index (χ4v) is 2.00. The van der Waals surface area contributed by atoms with Crippen molar-refractivity contribution in [1.29, 1.82) is 0 Å². The summed E-state index contributed by atoms with van der Waals surface area (Å²) in [6.07, 6.45) is 3.36. The maximum absolute atomic E-state index is 14.1.